The molecule has 1 saturated heterocycles. The second kappa shape index (κ2) is 6.06. The molecule has 0 radical (unpaired) electrons. The van der Waals surface area contributed by atoms with E-state index in [1.807, 2.05) is 18.2 Å². The van der Waals surface area contributed by atoms with Crippen molar-refractivity contribution in [2.45, 2.75) is 38.8 Å². The van der Waals surface area contributed by atoms with Crippen LogP contribution in [0.5, 0.6) is 5.75 Å². The summed E-state index contributed by atoms with van der Waals surface area (Å²) in [6.07, 6.45) is 3.90. The maximum absolute atomic E-state index is 7.52. The molecule has 1 fully saturated rings. The van der Waals surface area contributed by atoms with Crippen molar-refractivity contribution in [3.05, 3.63) is 29.3 Å². The molecule has 104 valence electrons. The Hall–Kier alpha value is -1.55. The molecule has 0 aliphatic carbocycles. The molecule has 0 amide bonds. The Balaban J connectivity index is 2.14. The van der Waals surface area contributed by atoms with Gasteiger partial charge in [-0.05, 0) is 44.0 Å². The third-order valence-corrected chi connectivity index (χ3v) is 3.88. The Bertz CT molecular complexity index is 459. The van der Waals surface area contributed by atoms with Gasteiger partial charge >= 0.3 is 0 Å². The molecule has 1 aliphatic heterocycles. The Kier molecular flexibility index (Phi) is 4.43. The van der Waals surface area contributed by atoms with Gasteiger partial charge < -0.3 is 10.5 Å². The van der Waals surface area contributed by atoms with E-state index in [0.29, 0.717) is 17.4 Å². The number of amidine groups is 1. The first-order chi connectivity index (χ1) is 9.11. The lowest BCUT2D eigenvalue weighted by Gasteiger charge is -2.33. The van der Waals surface area contributed by atoms with E-state index in [1.165, 1.54) is 24.8 Å². The summed E-state index contributed by atoms with van der Waals surface area (Å²) in [7, 11) is 1.62. The van der Waals surface area contributed by atoms with Crippen molar-refractivity contribution < 1.29 is 4.74 Å². The lowest BCUT2D eigenvalue weighted by molar-refractivity contribution is 0.152. The fraction of sp³-hybridized carbons (Fsp3) is 0.533. The molecule has 4 nitrogen and oxygen atoms in total. The van der Waals surface area contributed by atoms with Gasteiger partial charge in [0.15, 0.2) is 0 Å². The average molecular weight is 261 g/mol. The van der Waals surface area contributed by atoms with Gasteiger partial charge in [0, 0.05) is 12.6 Å². The van der Waals surface area contributed by atoms with Crippen LogP contribution in [0.2, 0.25) is 0 Å². The largest absolute Gasteiger partial charge is 0.496 e. The molecule has 3 N–H and O–H groups in total. The topological polar surface area (TPSA) is 62.3 Å². The molecule has 1 atom stereocenters. The van der Waals surface area contributed by atoms with E-state index in [4.69, 9.17) is 15.9 Å². The molecule has 0 aromatic heterocycles. The maximum Gasteiger partial charge on any atom is 0.130 e. The molecule has 1 aliphatic rings. The first-order valence-electron chi connectivity index (χ1n) is 6.87. The average Bonchev–Trinajstić information content (AvgIpc) is 2.41. The molecule has 2 rings (SSSR count). The summed E-state index contributed by atoms with van der Waals surface area (Å²) in [4.78, 5) is 2.51. The van der Waals surface area contributed by atoms with Gasteiger partial charge in [-0.2, -0.15) is 0 Å². The van der Waals surface area contributed by atoms with Crippen LogP contribution in [-0.2, 0) is 6.54 Å². The fourth-order valence-electron chi connectivity index (χ4n) is 2.68. The number of nitrogens with zero attached hydrogens (tertiary/aromatic N) is 1. The predicted molar refractivity (Wildman–Crippen MR) is 77.7 cm³/mol. The minimum absolute atomic E-state index is 0.0507. The van der Waals surface area contributed by atoms with Gasteiger partial charge in [0.2, 0.25) is 0 Å². The predicted octanol–water partition coefficient (Wildman–Crippen LogP) is 2.35. The van der Waals surface area contributed by atoms with E-state index < -0.39 is 0 Å². The number of hydrogen-bond acceptors (Lipinski definition) is 3. The summed E-state index contributed by atoms with van der Waals surface area (Å²) in [6, 6.07) is 6.57. The van der Waals surface area contributed by atoms with E-state index in [0.717, 1.165) is 13.1 Å². The summed E-state index contributed by atoms with van der Waals surface area (Å²) in [5.74, 6) is 0.740. The molecule has 0 bridgehead atoms. The van der Waals surface area contributed by atoms with Crippen LogP contribution in [0.1, 0.15) is 37.3 Å². The summed E-state index contributed by atoms with van der Waals surface area (Å²) in [6.45, 7) is 4.40. The van der Waals surface area contributed by atoms with Crippen molar-refractivity contribution in [2.24, 2.45) is 5.73 Å². The lowest BCUT2D eigenvalue weighted by atomic mass is 10.0. The van der Waals surface area contributed by atoms with Crippen molar-refractivity contribution in [2.75, 3.05) is 13.7 Å². The van der Waals surface area contributed by atoms with E-state index in [-0.39, 0.29) is 5.84 Å². The first kappa shape index (κ1) is 13.9. The Morgan fingerprint density at radius 1 is 1.47 bits per heavy atom. The van der Waals surface area contributed by atoms with Crippen LogP contribution in [0.4, 0.5) is 0 Å². The van der Waals surface area contributed by atoms with Gasteiger partial charge in [-0.3, -0.25) is 10.3 Å². The third-order valence-electron chi connectivity index (χ3n) is 3.88. The zero-order valence-electron chi connectivity index (χ0n) is 11.8. The zero-order chi connectivity index (χ0) is 13.8. The molecule has 0 spiro atoms. The lowest BCUT2D eigenvalue weighted by Crippen LogP contribution is -2.36. The minimum Gasteiger partial charge on any atom is -0.496 e. The quantitative estimate of drug-likeness (QED) is 0.646. The Morgan fingerprint density at radius 3 is 2.89 bits per heavy atom. The van der Waals surface area contributed by atoms with E-state index in [9.17, 15) is 0 Å². The van der Waals surface area contributed by atoms with Gasteiger partial charge in [-0.1, -0.05) is 12.5 Å². The summed E-state index contributed by atoms with van der Waals surface area (Å²) >= 11 is 0. The molecule has 0 saturated carbocycles. The summed E-state index contributed by atoms with van der Waals surface area (Å²) < 4.78 is 5.32. The highest BCUT2D eigenvalue weighted by molar-refractivity contribution is 5.97. The summed E-state index contributed by atoms with van der Waals surface area (Å²) in [5, 5.41) is 7.52. The summed E-state index contributed by atoms with van der Waals surface area (Å²) in [5.41, 5.74) is 7.42. The van der Waals surface area contributed by atoms with E-state index in [1.54, 1.807) is 7.11 Å². The fourth-order valence-corrected chi connectivity index (χ4v) is 2.68. The SMILES string of the molecule is COc1cc(CN2CCCCC2C)ccc1C(=N)N. The molecule has 1 heterocycles. The number of likely N-dealkylation sites (tertiary alicyclic amines) is 1. The van der Waals surface area contributed by atoms with Gasteiger partial charge in [0.1, 0.15) is 11.6 Å². The first-order valence-corrected chi connectivity index (χ1v) is 6.87. The number of methoxy groups -OCH3 is 1. The number of nitrogens with two attached hydrogens (primary N) is 1. The second-order valence-corrected chi connectivity index (χ2v) is 5.26. The van der Waals surface area contributed by atoms with Gasteiger partial charge in [-0.25, -0.2) is 0 Å². The normalized spacial score (nSPS) is 20.2. The highest BCUT2D eigenvalue weighted by atomic mass is 16.5. The Morgan fingerprint density at radius 2 is 2.26 bits per heavy atom. The molecule has 19 heavy (non-hydrogen) atoms. The van der Waals surface area contributed by atoms with Crippen LogP contribution >= 0.6 is 0 Å². The second-order valence-electron chi connectivity index (χ2n) is 5.26. The molecule has 1 aromatic rings. The molecule has 4 heteroatoms. The number of nitrogen functional groups attached to an aromatic ring is 1. The highest BCUT2D eigenvalue weighted by Crippen LogP contribution is 2.23. The van der Waals surface area contributed by atoms with Crippen LogP contribution in [-0.4, -0.2) is 30.4 Å². The van der Waals surface area contributed by atoms with E-state index in [2.05, 4.69) is 11.8 Å². The van der Waals surface area contributed by atoms with Crippen LogP contribution < -0.4 is 10.5 Å². The van der Waals surface area contributed by atoms with Crippen molar-refractivity contribution in [1.82, 2.24) is 4.90 Å². The Labute approximate surface area is 115 Å². The van der Waals surface area contributed by atoms with Gasteiger partial charge in [0.25, 0.3) is 0 Å². The number of benzene rings is 1. The van der Waals surface area contributed by atoms with Crippen LogP contribution in [0.3, 0.4) is 0 Å². The minimum atomic E-state index is 0.0507. The van der Waals surface area contributed by atoms with E-state index >= 15 is 0 Å². The number of ether oxygens (including phenoxy) is 1. The number of hydrogen-bond donors (Lipinski definition) is 2. The third kappa shape index (κ3) is 3.26. The smallest absolute Gasteiger partial charge is 0.130 e. The number of nitrogens with one attached hydrogen (secondary N) is 1. The standard InChI is InChI=1S/C15H23N3O/c1-11-5-3-4-8-18(11)10-12-6-7-13(15(16)17)14(9-12)19-2/h6-7,9,11H,3-5,8,10H2,1-2H3,(H3,16,17). The van der Waals surface area contributed by atoms with Crippen molar-refractivity contribution in [1.29, 1.82) is 5.41 Å². The van der Waals surface area contributed by atoms with Crippen molar-refractivity contribution in [3.8, 4) is 5.75 Å². The van der Waals surface area contributed by atoms with Crippen molar-refractivity contribution >= 4 is 5.84 Å². The van der Waals surface area contributed by atoms with Crippen LogP contribution in [0.15, 0.2) is 18.2 Å². The highest BCUT2D eigenvalue weighted by Gasteiger charge is 2.18. The zero-order valence-corrected chi connectivity index (χ0v) is 11.8. The maximum atomic E-state index is 7.52. The molecular weight excluding hydrogens is 238 g/mol. The molecule has 1 unspecified atom stereocenters. The van der Waals surface area contributed by atoms with Crippen LogP contribution in [0, 0.1) is 5.41 Å². The van der Waals surface area contributed by atoms with Crippen LogP contribution in [0.25, 0.3) is 0 Å². The monoisotopic (exact) mass is 261 g/mol. The van der Waals surface area contributed by atoms with Gasteiger partial charge in [0.05, 0.1) is 12.7 Å². The molecular formula is C15H23N3O. The number of rotatable bonds is 4. The number of piperidine rings is 1. The van der Waals surface area contributed by atoms with Crippen molar-refractivity contribution in [3.63, 3.8) is 0 Å². The molecule has 1 aromatic carbocycles. The van der Waals surface area contributed by atoms with Gasteiger partial charge in [-0.15, -0.1) is 0 Å².